The van der Waals surface area contributed by atoms with E-state index in [0.29, 0.717) is 5.69 Å². The number of hydrogen-bond acceptors (Lipinski definition) is 4. The molecule has 1 unspecified atom stereocenters. The van der Waals surface area contributed by atoms with Crippen molar-refractivity contribution in [2.24, 2.45) is 0 Å². The lowest BCUT2D eigenvalue weighted by Gasteiger charge is -2.07. The first-order valence-corrected chi connectivity index (χ1v) is 5.71. The molecule has 0 saturated heterocycles. The molecule has 0 aliphatic carbocycles. The normalized spacial score (nSPS) is 11.9. The van der Waals surface area contributed by atoms with Gasteiger partial charge in [0.05, 0.1) is 6.10 Å². The van der Waals surface area contributed by atoms with Gasteiger partial charge in [-0.25, -0.2) is 5.10 Å². The summed E-state index contributed by atoms with van der Waals surface area (Å²) < 4.78 is 0. The Bertz CT molecular complexity index is 612. The van der Waals surface area contributed by atoms with Crippen LogP contribution in [0.15, 0.2) is 41.2 Å². The van der Waals surface area contributed by atoms with E-state index in [1.807, 2.05) is 0 Å². The molecular weight excluding hydrogens is 246 g/mol. The van der Waals surface area contributed by atoms with Crippen molar-refractivity contribution in [3.63, 3.8) is 0 Å². The van der Waals surface area contributed by atoms with Crippen molar-refractivity contribution in [1.29, 1.82) is 0 Å². The fourth-order valence-corrected chi connectivity index (χ4v) is 1.51. The van der Waals surface area contributed by atoms with Gasteiger partial charge in [-0.1, -0.05) is 12.1 Å². The summed E-state index contributed by atoms with van der Waals surface area (Å²) in [5, 5.41) is 17.8. The first-order chi connectivity index (χ1) is 9.06. The smallest absolute Gasteiger partial charge is 0.276 e. The number of aromatic nitrogens is 2. The quantitative estimate of drug-likeness (QED) is 0.768. The highest BCUT2D eigenvalue weighted by Gasteiger charge is 2.08. The second kappa shape index (κ2) is 5.45. The molecule has 6 heteroatoms. The number of amides is 1. The topological polar surface area (TPSA) is 95.1 Å². The van der Waals surface area contributed by atoms with E-state index in [1.165, 1.54) is 12.1 Å². The molecule has 1 aromatic carbocycles. The molecule has 98 valence electrons. The first-order valence-electron chi connectivity index (χ1n) is 5.71. The van der Waals surface area contributed by atoms with E-state index in [0.717, 1.165) is 5.56 Å². The molecule has 0 spiro atoms. The summed E-state index contributed by atoms with van der Waals surface area (Å²) in [6, 6.07) is 9.40. The Morgan fingerprint density at radius 3 is 2.47 bits per heavy atom. The van der Waals surface area contributed by atoms with Crippen molar-refractivity contribution in [3.8, 4) is 0 Å². The number of aromatic amines is 1. The minimum Gasteiger partial charge on any atom is -0.389 e. The summed E-state index contributed by atoms with van der Waals surface area (Å²) in [5.74, 6) is -0.416. The molecule has 0 fully saturated rings. The number of rotatable bonds is 3. The number of H-pyrrole nitrogens is 1. The van der Waals surface area contributed by atoms with Crippen LogP contribution in [0.4, 0.5) is 5.69 Å². The number of nitrogens with zero attached hydrogens (tertiary/aromatic N) is 1. The van der Waals surface area contributed by atoms with Gasteiger partial charge >= 0.3 is 0 Å². The van der Waals surface area contributed by atoms with Gasteiger partial charge in [-0.3, -0.25) is 9.59 Å². The van der Waals surface area contributed by atoms with Crippen molar-refractivity contribution in [2.75, 3.05) is 5.32 Å². The summed E-state index contributed by atoms with van der Waals surface area (Å²) in [4.78, 5) is 22.6. The molecule has 0 saturated carbocycles. The Hall–Kier alpha value is -2.47. The maximum Gasteiger partial charge on any atom is 0.276 e. The first kappa shape index (κ1) is 13.0. The van der Waals surface area contributed by atoms with Gasteiger partial charge in [0.1, 0.15) is 5.69 Å². The number of nitrogens with one attached hydrogen (secondary N) is 2. The van der Waals surface area contributed by atoms with Gasteiger partial charge < -0.3 is 10.4 Å². The van der Waals surface area contributed by atoms with Crippen LogP contribution in [0.3, 0.4) is 0 Å². The van der Waals surface area contributed by atoms with Crippen LogP contribution in [0.25, 0.3) is 0 Å². The molecule has 1 amide bonds. The zero-order valence-corrected chi connectivity index (χ0v) is 10.3. The highest BCUT2D eigenvalue weighted by molar-refractivity contribution is 6.02. The molecule has 1 aromatic heterocycles. The van der Waals surface area contributed by atoms with Gasteiger partial charge in [0.2, 0.25) is 0 Å². The predicted octanol–water partition coefficient (Wildman–Crippen LogP) is 1.08. The Morgan fingerprint density at radius 1 is 1.26 bits per heavy atom. The number of aliphatic hydroxyl groups is 1. The van der Waals surface area contributed by atoms with Gasteiger partial charge in [0.15, 0.2) is 0 Å². The van der Waals surface area contributed by atoms with E-state index in [9.17, 15) is 14.7 Å². The van der Waals surface area contributed by atoms with Crippen molar-refractivity contribution in [3.05, 3.63) is 58.0 Å². The van der Waals surface area contributed by atoms with Gasteiger partial charge in [0.25, 0.3) is 11.5 Å². The molecule has 0 aliphatic rings. The van der Waals surface area contributed by atoms with Crippen LogP contribution in [0, 0.1) is 0 Å². The van der Waals surface area contributed by atoms with E-state index < -0.39 is 12.0 Å². The second-order valence-electron chi connectivity index (χ2n) is 4.06. The molecule has 6 nitrogen and oxygen atoms in total. The Balaban J connectivity index is 2.10. The fraction of sp³-hybridized carbons (Fsp3) is 0.154. The average molecular weight is 259 g/mol. The van der Waals surface area contributed by atoms with E-state index in [4.69, 9.17) is 0 Å². The number of aliphatic hydroxyl groups excluding tert-OH is 1. The molecule has 0 radical (unpaired) electrons. The van der Waals surface area contributed by atoms with E-state index in [1.54, 1.807) is 31.2 Å². The third-order valence-electron chi connectivity index (χ3n) is 2.56. The molecule has 19 heavy (non-hydrogen) atoms. The van der Waals surface area contributed by atoms with Crippen LogP contribution in [-0.2, 0) is 0 Å². The third kappa shape index (κ3) is 3.26. The highest BCUT2D eigenvalue weighted by Crippen LogP contribution is 2.15. The summed E-state index contributed by atoms with van der Waals surface area (Å²) >= 11 is 0. The van der Waals surface area contributed by atoms with E-state index >= 15 is 0 Å². The fourth-order valence-electron chi connectivity index (χ4n) is 1.51. The van der Waals surface area contributed by atoms with Gasteiger partial charge in [0, 0.05) is 11.8 Å². The standard InChI is InChI=1S/C13H13N3O3/c1-8(17)9-2-4-10(5-3-9)14-13(19)11-6-7-12(18)16-15-11/h2-8,17H,1H3,(H,14,19)(H,16,18). The summed E-state index contributed by atoms with van der Waals surface area (Å²) in [6.45, 7) is 1.66. The van der Waals surface area contributed by atoms with Crippen LogP contribution < -0.4 is 10.9 Å². The van der Waals surface area contributed by atoms with Crippen LogP contribution in [-0.4, -0.2) is 21.2 Å². The maximum atomic E-state index is 11.8. The van der Waals surface area contributed by atoms with Crippen molar-refractivity contribution < 1.29 is 9.90 Å². The van der Waals surface area contributed by atoms with Crippen molar-refractivity contribution in [1.82, 2.24) is 10.2 Å². The molecular formula is C13H13N3O3. The van der Waals surface area contributed by atoms with Crippen LogP contribution in [0.2, 0.25) is 0 Å². The number of carbonyl (C=O) groups excluding carboxylic acids is 1. The zero-order valence-electron chi connectivity index (χ0n) is 10.3. The lowest BCUT2D eigenvalue weighted by atomic mass is 10.1. The molecule has 2 rings (SSSR count). The monoisotopic (exact) mass is 259 g/mol. The summed E-state index contributed by atoms with van der Waals surface area (Å²) in [5.41, 5.74) is 1.11. The van der Waals surface area contributed by atoms with Crippen molar-refractivity contribution in [2.45, 2.75) is 13.0 Å². The zero-order chi connectivity index (χ0) is 13.8. The van der Waals surface area contributed by atoms with Gasteiger partial charge in [-0.2, -0.15) is 5.10 Å². The minimum atomic E-state index is -0.550. The average Bonchev–Trinajstić information content (AvgIpc) is 2.40. The van der Waals surface area contributed by atoms with Crippen LogP contribution >= 0.6 is 0 Å². The molecule has 0 aliphatic heterocycles. The SMILES string of the molecule is CC(O)c1ccc(NC(=O)c2ccc(=O)[nH]n2)cc1. The summed E-state index contributed by atoms with van der Waals surface area (Å²) in [6.07, 6.45) is -0.550. The molecule has 1 heterocycles. The number of anilines is 1. The molecule has 0 bridgehead atoms. The molecule has 3 N–H and O–H groups in total. The van der Waals surface area contributed by atoms with E-state index in [2.05, 4.69) is 15.5 Å². The van der Waals surface area contributed by atoms with Crippen LogP contribution in [0.5, 0.6) is 0 Å². The van der Waals surface area contributed by atoms with Crippen molar-refractivity contribution >= 4 is 11.6 Å². The number of carbonyl (C=O) groups is 1. The lowest BCUT2D eigenvalue weighted by molar-refractivity contribution is 0.102. The Kier molecular flexibility index (Phi) is 3.72. The highest BCUT2D eigenvalue weighted by atomic mass is 16.3. The predicted molar refractivity (Wildman–Crippen MR) is 69.9 cm³/mol. The second-order valence-corrected chi connectivity index (χ2v) is 4.06. The Labute approximate surface area is 109 Å². The lowest BCUT2D eigenvalue weighted by Crippen LogP contribution is -2.17. The largest absolute Gasteiger partial charge is 0.389 e. The molecule has 2 aromatic rings. The van der Waals surface area contributed by atoms with Gasteiger partial charge in [-0.15, -0.1) is 0 Å². The van der Waals surface area contributed by atoms with Gasteiger partial charge in [-0.05, 0) is 30.7 Å². The minimum absolute atomic E-state index is 0.124. The number of benzene rings is 1. The summed E-state index contributed by atoms with van der Waals surface area (Å²) in [7, 11) is 0. The van der Waals surface area contributed by atoms with Crippen LogP contribution in [0.1, 0.15) is 29.1 Å². The number of hydrogen-bond donors (Lipinski definition) is 3. The molecule has 1 atom stereocenters. The third-order valence-corrected chi connectivity index (χ3v) is 2.56. The maximum absolute atomic E-state index is 11.8. The van der Waals surface area contributed by atoms with E-state index in [-0.39, 0.29) is 11.3 Å². The Morgan fingerprint density at radius 2 is 1.95 bits per heavy atom.